The van der Waals surface area contributed by atoms with Crippen LogP contribution in [-0.4, -0.2) is 21.9 Å². The Bertz CT molecular complexity index is 932. The van der Waals surface area contributed by atoms with Gasteiger partial charge in [-0.2, -0.15) is 0 Å². The molecule has 0 saturated carbocycles. The number of imidazole rings is 1. The number of carbonyl (C=O) groups is 1. The average molecular weight is 416 g/mol. The van der Waals surface area contributed by atoms with Crippen molar-refractivity contribution in [2.24, 2.45) is 0 Å². The van der Waals surface area contributed by atoms with Crippen molar-refractivity contribution in [1.29, 1.82) is 0 Å². The number of aromatic nitrogens is 2. The lowest BCUT2D eigenvalue weighted by atomic mass is 10.2. The second-order valence-electron chi connectivity index (χ2n) is 6.26. The maximum absolute atomic E-state index is 12.8. The van der Waals surface area contributed by atoms with Crippen LogP contribution in [0.5, 0.6) is 5.75 Å². The van der Waals surface area contributed by atoms with E-state index in [1.54, 1.807) is 0 Å². The first-order chi connectivity index (χ1) is 12.5. The number of amides is 1. The molecule has 0 fully saturated rings. The third-order valence-electron chi connectivity index (χ3n) is 4.14. The van der Waals surface area contributed by atoms with Gasteiger partial charge in [0.15, 0.2) is 0 Å². The van der Waals surface area contributed by atoms with Crippen molar-refractivity contribution in [3.05, 3.63) is 58.0 Å². The Kier molecular flexibility index (Phi) is 5.61. The van der Waals surface area contributed by atoms with E-state index in [-0.39, 0.29) is 5.91 Å². The van der Waals surface area contributed by atoms with Gasteiger partial charge in [0.05, 0.1) is 12.3 Å². The molecule has 1 amide bonds. The van der Waals surface area contributed by atoms with Crippen molar-refractivity contribution in [1.82, 2.24) is 9.38 Å². The minimum Gasteiger partial charge on any atom is -0.494 e. The maximum atomic E-state index is 12.8. The van der Waals surface area contributed by atoms with Crippen LogP contribution in [0, 0.1) is 13.8 Å². The summed E-state index contributed by atoms with van der Waals surface area (Å²) >= 11 is 3.48. The molecule has 0 spiro atoms. The van der Waals surface area contributed by atoms with E-state index in [1.165, 1.54) is 0 Å². The Hall–Kier alpha value is -2.34. The number of nitrogens with one attached hydrogen (secondary N) is 1. The number of ether oxygens (including phenoxy) is 1. The van der Waals surface area contributed by atoms with Gasteiger partial charge in [-0.25, -0.2) is 4.98 Å². The van der Waals surface area contributed by atoms with E-state index < -0.39 is 0 Å². The second-order valence-corrected chi connectivity index (χ2v) is 7.18. The smallest absolute Gasteiger partial charge is 0.274 e. The van der Waals surface area contributed by atoms with Gasteiger partial charge >= 0.3 is 0 Å². The Morgan fingerprint density at radius 2 is 2.00 bits per heavy atom. The monoisotopic (exact) mass is 415 g/mol. The molecule has 1 N–H and O–H groups in total. The van der Waals surface area contributed by atoms with Gasteiger partial charge in [0.2, 0.25) is 0 Å². The molecule has 5 nitrogen and oxygen atoms in total. The van der Waals surface area contributed by atoms with E-state index in [2.05, 4.69) is 33.2 Å². The third-order valence-corrected chi connectivity index (χ3v) is 4.57. The van der Waals surface area contributed by atoms with Gasteiger partial charge in [0, 0.05) is 16.4 Å². The molecule has 0 saturated heterocycles. The Labute approximate surface area is 161 Å². The van der Waals surface area contributed by atoms with E-state index in [0.717, 1.165) is 40.0 Å². The quantitative estimate of drug-likeness (QED) is 0.566. The minimum atomic E-state index is -0.188. The molecule has 136 valence electrons. The predicted molar refractivity (Wildman–Crippen MR) is 107 cm³/mol. The Morgan fingerprint density at radius 3 is 2.69 bits per heavy atom. The number of fused-ring (bicyclic) bond motifs is 1. The van der Waals surface area contributed by atoms with Gasteiger partial charge in [-0.3, -0.25) is 9.20 Å². The molecule has 2 aromatic heterocycles. The normalized spacial score (nSPS) is 10.9. The molecule has 1 aromatic carbocycles. The van der Waals surface area contributed by atoms with Gasteiger partial charge in [-0.15, -0.1) is 0 Å². The number of halogens is 1. The van der Waals surface area contributed by atoms with E-state index in [0.29, 0.717) is 18.0 Å². The molecule has 0 aliphatic carbocycles. The van der Waals surface area contributed by atoms with Crippen molar-refractivity contribution >= 4 is 33.2 Å². The zero-order chi connectivity index (χ0) is 18.7. The van der Waals surface area contributed by atoms with Crippen molar-refractivity contribution in [3.63, 3.8) is 0 Å². The van der Waals surface area contributed by atoms with Gasteiger partial charge in [-0.1, -0.05) is 13.3 Å². The molecule has 6 heteroatoms. The first-order valence-corrected chi connectivity index (χ1v) is 9.48. The molecular formula is C20H22BrN3O2. The summed E-state index contributed by atoms with van der Waals surface area (Å²) in [5, 5.41) is 2.94. The van der Waals surface area contributed by atoms with Crippen molar-refractivity contribution in [2.45, 2.75) is 33.6 Å². The van der Waals surface area contributed by atoms with Gasteiger partial charge in [0.1, 0.15) is 17.1 Å². The fraction of sp³-hybridized carbons (Fsp3) is 0.300. The third kappa shape index (κ3) is 3.90. The molecule has 3 aromatic rings. The summed E-state index contributed by atoms with van der Waals surface area (Å²) < 4.78 is 8.38. The van der Waals surface area contributed by atoms with Crippen LogP contribution in [0.3, 0.4) is 0 Å². The molecule has 0 aliphatic rings. The number of nitrogens with zero attached hydrogens (tertiary/aromatic N) is 2. The lowest BCUT2D eigenvalue weighted by Gasteiger charge is -2.09. The fourth-order valence-electron chi connectivity index (χ4n) is 2.81. The zero-order valence-corrected chi connectivity index (χ0v) is 16.8. The first kappa shape index (κ1) is 18.5. The fourth-order valence-corrected chi connectivity index (χ4v) is 3.36. The van der Waals surface area contributed by atoms with Crippen LogP contribution in [0.15, 0.2) is 41.0 Å². The Balaban J connectivity index is 1.80. The average Bonchev–Trinajstić information content (AvgIpc) is 2.93. The number of rotatable bonds is 6. The number of pyridine rings is 1. The number of aryl methyl sites for hydroxylation is 2. The largest absolute Gasteiger partial charge is 0.494 e. The van der Waals surface area contributed by atoms with Crippen molar-refractivity contribution in [2.75, 3.05) is 11.9 Å². The highest BCUT2D eigenvalue weighted by molar-refractivity contribution is 9.10. The van der Waals surface area contributed by atoms with Crippen LogP contribution < -0.4 is 10.1 Å². The van der Waals surface area contributed by atoms with Crippen LogP contribution in [0.2, 0.25) is 0 Å². The van der Waals surface area contributed by atoms with Gasteiger partial charge < -0.3 is 10.1 Å². The van der Waals surface area contributed by atoms with E-state index >= 15 is 0 Å². The van der Waals surface area contributed by atoms with Crippen LogP contribution in [-0.2, 0) is 0 Å². The van der Waals surface area contributed by atoms with E-state index in [1.807, 2.05) is 54.8 Å². The van der Waals surface area contributed by atoms with E-state index in [9.17, 15) is 4.79 Å². The van der Waals surface area contributed by atoms with E-state index in [4.69, 9.17) is 4.74 Å². The minimum absolute atomic E-state index is 0.188. The molecule has 0 aliphatic heterocycles. The summed E-state index contributed by atoms with van der Waals surface area (Å²) in [6.07, 6.45) is 3.99. The molecular weight excluding hydrogens is 394 g/mol. The van der Waals surface area contributed by atoms with Crippen LogP contribution in [0.1, 0.15) is 41.5 Å². The summed E-state index contributed by atoms with van der Waals surface area (Å²) in [5.41, 5.74) is 3.75. The summed E-state index contributed by atoms with van der Waals surface area (Å²) in [6, 6.07) is 9.42. The number of unbranched alkanes of at least 4 members (excludes halogenated alkanes) is 1. The van der Waals surface area contributed by atoms with Gasteiger partial charge in [-0.05, 0) is 72.1 Å². The molecule has 26 heavy (non-hydrogen) atoms. The highest BCUT2D eigenvalue weighted by atomic mass is 79.9. The zero-order valence-electron chi connectivity index (χ0n) is 15.2. The topological polar surface area (TPSA) is 55.6 Å². The molecule has 0 atom stereocenters. The van der Waals surface area contributed by atoms with Crippen LogP contribution in [0.25, 0.3) is 5.65 Å². The summed E-state index contributed by atoms with van der Waals surface area (Å²) in [6.45, 7) is 6.66. The SMILES string of the molecule is CCCCOc1ccc(NC(=O)c2c(C)nc3c(C)cc(Br)cn23)cc1. The summed E-state index contributed by atoms with van der Waals surface area (Å²) in [7, 11) is 0. The number of hydrogen-bond acceptors (Lipinski definition) is 3. The van der Waals surface area contributed by atoms with Crippen molar-refractivity contribution < 1.29 is 9.53 Å². The predicted octanol–water partition coefficient (Wildman–Crippen LogP) is 5.14. The highest BCUT2D eigenvalue weighted by Crippen LogP contribution is 2.22. The van der Waals surface area contributed by atoms with Crippen LogP contribution in [0.4, 0.5) is 5.69 Å². The molecule has 3 rings (SSSR count). The standard InChI is InChI=1S/C20H22BrN3O2/c1-4-5-10-26-17-8-6-16(7-9-17)23-20(25)18-14(3)22-19-13(2)11-15(21)12-24(18)19/h6-9,11-12H,4-5,10H2,1-3H3,(H,23,25). The molecule has 0 bridgehead atoms. The number of hydrogen-bond donors (Lipinski definition) is 1. The summed E-state index contributed by atoms with van der Waals surface area (Å²) in [4.78, 5) is 17.3. The first-order valence-electron chi connectivity index (χ1n) is 8.68. The highest BCUT2D eigenvalue weighted by Gasteiger charge is 2.18. The number of carbonyl (C=O) groups excluding carboxylic acids is 1. The Morgan fingerprint density at radius 1 is 1.27 bits per heavy atom. The summed E-state index contributed by atoms with van der Waals surface area (Å²) in [5.74, 6) is 0.620. The van der Waals surface area contributed by atoms with Crippen LogP contribution >= 0.6 is 15.9 Å². The second kappa shape index (κ2) is 7.91. The van der Waals surface area contributed by atoms with Crippen molar-refractivity contribution in [3.8, 4) is 5.75 Å². The maximum Gasteiger partial charge on any atom is 0.274 e. The number of benzene rings is 1. The molecule has 0 radical (unpaired) electrons. The number of anilines is 1. The molecule has 0 unspecified atom stereocenters. The molecule has 2 heterocycles. The lowest BCUT2D eigenvalue weighted by Crippen LogP contribution is -2.15. The van der Waals surface area contributed by atoms with Gasteiger partial charge in [0.25, 0.3) is 5.91 Å². The lowest BCUT2D eigenvalue weighted by molar-refractivity contribution is 0.102.